The van der Waals surface area contributed by atoms with Crippen molar-refractivity contribution in [2.45, 2.75) is 13.3 Å². The highest BCUT2D eigenvalue weighted by Gasteiger charge is 2.15. The molecule has 76 valence electrons. The van der Waals surface area contributed by atoms with Gasteiger partial charge in [0.25, 0.3) is 0 Å². The molecule has 1 rings (SSSR count). The van der Waals surface area contributed by atoms with Crippen molar-refractivity contribution >= 4 is 21.9 Å². The Labute approximate surface area is 90.2 Å². The van der Waals surface area contributed by atoms with Gasteiger partial charge in [0.1, 0.15) is 5.82 Å². The van der Waals surface area contributed by atoms with Crippen LogP contribution in [0, 0.1) is 5.82 Å². The molecule has 0 atom stereocenters. The number of hydrogen-bond donors (Lipinski definition) is 0. The minimum absolute atomic E-state index is 0.280. The molecule has 0 aromatic heterocycles. The molecule has 1 aromatic carbocycles. The fraction of sp³-hybridized carbons (Fsp3) is 0.300. The van der Waals surface area contributed by atoms with E-state index in [0.717, 1.165) is 0 Å². The van der Waals surface area contributed by atoms with Gasteiger partial charge in [0.05, 0.1) is 12.7 Å². The third-order valence-corrected chi connectivity index (χ3v) is 2.38. The Morgan fingerprint density at radius 1 is 1.57 bits per heavy atom. The van der Waals surface area contributed by atoms with E-state index in [1.807, 2.05) is 0 Å². The third kappa shape index (κ3) is 2.12. The molecule has 0 bridgehead atoms. The maximum absolute atomic E-state index is 13.4. The Balaban J connectivity index is 3.32. The predicted octanol–water partition coefficient (Wildman–Crippen LogP) is 2.94. The number of methoxy groups -OCH3 is 1. The Bertz CT molecular complexity index is 363. The largest absolute Gasteiger partial charge is 0.465 e. The fourth-order valence-corrected chi connectivity index (χ4v) is 1.68. The van der Waals surface area contributed by atoms with E-state index in [-0.39, 0.29) is 11.4 Å². The summed E-state index contributed by atoms with van der Waals surface area (Å²) < 4.78 is 18.5. The van der Waals surface area contributed by atoms with Crippen LogP contribution in [0.2, 0.25) is 0 Å². The molecule has 0 aliphatic rings. The second kappa shape index (κ2) is 4.55. The van der Waals surface area contributed by atoms with Gasteiger partial charge in [-0.05, 0) is 18.6 Å². The minimum atomic E-state index is -0.512. The Hall–Kier alpha value is -0.900. The topological polar surface area (TPSA) is 26.3 Å². The van der Waals surface area contributed by atoms with Crippen molar-refractivity contribution in [1.29, 1.82) is 0 Å². The summed E-state index contributed by atoms with van der Waals surface area (Å²) in [6.45, 7) is 1.79. The molecule has 0 heterocycles. The van der Waals surface area contributed by atoms with E-state index in [9.17, 15) is 9.18 Å². The van der Waals surface area contributed by atoms with Crippen LogP contribution in [0.3, 0.4) is 0 Å². The molecule has 1 aromatic rings. The molecular formula is C10H10BrFO2. The number of carbonyl (C=O) groups is 1. The number of benzene rings is 1. The molecule has 4 heteroatoms. The zero-order chi connectivity index (χ0) is 10.7. The van der Waals surface area contributed by atoms with Gasteiger partial charge in [-0.1, -0.05) is 22.9 Å². The highest BCUT2D eigenvalue weighted by atomic mass is 79.9. The summed E-state index contributed by atoms with van der Waals surface area (Å²) in [5, 5.41) is 0. The van der Waals surface area contributed by atoms with Crippen molar-refractivity contribution in [1.82, 2.24) is 0 Å². The van der Waals surface area contributed by atoms with Gasteiger partial charge in [-0.3, -0.25) is 0 Å². The number of halogens is 2. The highest BCUT2D eigenvalue weighted by molar-refractivity contribution is 9.10. The molecule has 0 spiro atoms. The van der Waals surface area contributed by atoms with Crippen molar-refractivity contribution in [3.05, 3.63) is 33.5 Å². The second-order valence-corrected chi connectivity index (χ2v) is 3.67. The van der Waals surface area contributed by atoms with Crippen molar-refractivity contribution in [2.24, 2.45) is 0 Å². The monoisotopic (exact) mass is 260 g/mol. The van der Waals surface area contributed by atoms with E-state index in [2.05, 4.69) is 20.7 Å². The first-order valence-electron chi connectivity index (χ1n) is 4.16. The Morgan fingerprint density at radius 2 is 2.21 bits per heavy atom. The molecule has 0 unspecified atom stereocenters. The summed E-state index contributed by atoms with van der Waals surface area (Å²) in [7, 11) is 1.28. The first kappa shape index (κ1) is 11.2. The van der Waals surface area contributed by atoms with Gasteiger partial charge in [-0.15, -0.1) is 0 Å². The van der Waals surface area contributed by atoms with Gasteiger partial charge >= 0.3 is 5.97 Å². The summed E-state index contributed by atoms with van der Waals surface area (Å²) in [6.07, 6.45) is 0.462. The molecule has 0 aliphatic heterocycles. The zero-order valence-electron chi connectivity index (χ0n) is 7.93. The lowest BCUT2D eigenvalue weighted by Gasteiger charge is -2.07. The standard InChI is InChI=1S/C10H10BrFO2/c1-3-7-8(10(13)14-2)4-6(11)5-9(7)12/h4-5H,3H2,1-2H3. The van der Waals surface area contributed by atoms with Crippen molar-refractivity contribution in [3.63, 3.8) is 0 Å². The first-order chi connectivity index (χ1) is 6.60. The molecule has 14 heavy (non-hydrogen) atoms. The molecule has 0 saturated carbocycles. The lowest BCUT2D eigenvalue weighted by atomic mass is 10.0. The van der Waals surface area contributed by atoms with Crippen molar-refractivity contribution in [3.8, 4) is 0 Å². The van der Waals surface area contributed by atoms with Crippen molar-refractivity contribution < 1.29 is 13.9 Å². The van der Waals surface area contributed by atoms with Crippen LogP contribution in [0.15, 0.2) is 16.6 Å². The summed E-state index contributed by atoms with van der Waals surface area (Å²) in [5.74, 6) is -0.899. The van der Waals surface area contributed by atoms with Crippen LogP contribution >= 0.6 is 15.9 Å². The van der Waals surface area contributed by atoms with E-state index >= 15 is 0 Å². The van der Waals surface area contributed by atoms with Gasteiger partial charge in [-0.25, -0.2) is 9.18 Å². The molecule has 0 saturated heterocycles. The van der Waals surface area contributed by atoms with E-state index in [4.69, 9.17) is 0 Å². The van der Waals surface area contributed by atoms with Gasteiger partial charge in [0.15, 0.2) is 0 Å². The summed E-state index contributed by atoms with van der Waals surface area (Å²) >= 11 is 3.13. The van der Waals surface area contributed by atoms with Crippen molar-refractivity contribution in [2.75, 3.05) is 7.11 Å². The Kier molecular flexibility index (Phi) is 3.63. The van der Waals surface area contributed by atoms with Crippen LogP contribution in [0.4, 0.5) is 4.39 Å². The number of carbonyl (C=O) groups excluding carboxylic acids is 1. The zero-order valence-corrected chi connectivity index (χ0v) is 9.52. The first-order valence-corrected chi connectivity index (χ1v) is 4.95. The van der Waals surface area contributed by atoms with Gasteiger partial charge in [0, 0.05) is 10.0 Å². The maximum atomic E-state index is 13.4. The summed E-state index contributed by atoms with van der Waals surface area (Å²) in [5.41, 5.74) is 0.668. The average molecular weight is 261 g/mol. The number of ether oxygens (including phenoxy) is 1. The van der Waals surface area contributed by atoms with Crippen LogP contribution in [0.5, 0.6) is 0 Å². The van der Waals surface area contributed by atoms with E-state index in [0.29, 0.717) is 16.5 Å². The minimum Gasteiger partial charge on any atom is -0.465 e. The highest BCUT2D eigenvalue weighted by Crippen LogP contribution is 2.21. The molecule has 0 radical (unpaired) electrons. The molecular weight excluding hydrogens is 251 g/mol. The van der Waals surface area contributed by atoms with E-state index < -0.39 is 5.97 Å². The van der Waals surface area contributed by atoms with Crippen LogP contribution in [0.25, 0.3) is 0 Å². The number of rotatable bonds is 2. The lowest BCUT2D eigenvalue weighted by Crippen LogP contribution is -2.07. The molecule has 0 fully saturated rings. The summed E-state index contributed by atoms with van der Waals surface area (Å²) in [4.78, 5) is 11.3. The SMILES string of the molecule is CCc1c(F)cc(Br)cc1C(=O)OC. The van der Waals surface area contributed by atoms with Gasteiger partial charge in [0.2, 0.25) is 0 Å². The smallest absolute Gasteiger partial charge is 0.338 e. The number of esters is 1. The van der Waals surface area contributed by atoms with E-state index in [1.54, 1.807) is 13.0 Å². The fourth-order valence-electron chi connectivity index (χ4n) is 1.25. The normalized spacial score (nSPS) is 10.0. The molecule has 2 nitrogen and oxygen atoms in total. The predicted molar refractivity (Wildman–Crippen MR) is 54.8 cm³/mol. The summed E-state index contributed by atoms with van der Waals surface area (Å²) in [6, 6.07) is 2.90. The van der Waals surface area contributed by atoms with Crippen LogP contribution in [0.1, 0.15) is 22.8 Å². The third-order valence-electron chi connectivity index (χ3n) is 1.92. The van der Waals surface area contributed by atoms with Crippen LogP contribution in [-0.2, 0) is 11.2 Å². The lowest BCUT2D eigenvalue weighted by molar-refractivity contribution is 0.0598. The molecule has 0 amide bonds. The Morgan fingerprint density at radius 3 is 2.71 bits per heavy atom. The second-order valence-electron chi connectivity index (χ2n) is 2.76. The van der Waals surface area contributed by atoms with Gasteiger partial charge in [-0.2, -0.15) is 0 Å². The molecule has 0 N–H and O–H groups in total. The maximum Gasteiger partial charge on any atom is 0.338 e. The van der Waals surface area contributed by atoms with Crippen LogP contribution in [-0.4, -0.2) is 13.1 Å². The molecule has 0 aliphatic carbocycles. The average Bonchev–Trinajstić information content (AvgIpc) is 2.15. The quantitative estimate of drug-likeness (QED) is 0.765. The van der Waals surface area contributed by atoms with E-state index in [1.165, 1.54) is 13.2 Å². The van der Waals surface area contributed by atoms with Crippen LogP contribution < -0.4 is 0 Å². The van der Waals surface area contributed by atoms with Gasteiger partial charge < -0.3 is 4.74 Å². The number of hydrogen-bond acceptors (Lipinski definition) is 2.